The highest BCUT2D eigenvalue weighted by Crippen LogP contribution is 2.11. The van der Waals surface area contributed by atoms with E-state index < -0.39 is 10.0 Å². The molecule has 21 heavy (non-hydrogen) atoms. The lowest BCUT2D eigenvalue weighted by Gasteiger charge is -2.11. The first-order valence-electron chi connectivity index (χ1n) is 6.91. The highest BCUT2D eigenvalue weighted by molar-refractivity contribution is 7.88. The Morgan fingerprint density at radius 3 is 2.48 bits per heavy atom. The molecule has 0 saturated heterocycles. The smallest absolute Gasteiger partial charge is 0.215 e. The SMILES string of the molecule is CN(C)CCOCCNS(=O)(=O)Cc1ccccc1CN. The molecule has 0 spiro atoms. The Balaban J connectivity index is 2.37. The molecule has 1 aromatic rings. The van der Waals surface area contributed by atoms with Gasteiger partial charge < -0.3 is 15.4 Å². The molecule has 1 aromatic carbocycles. The molecule has 120 valence electrons. The van der Waals surface area contributed by atoms with Gasteiger partial charge in [0.15, 0.2) is 0 Å². The Hall–Kier alpha value is -0.990. The zero-order valence-electron chi connectivity index (χ0n) is 12.7. The summed E-state index contributed by atoms with van der Waals surface area (Å²) in [5.74, 6) is -0.0575. The maximum Gasteiger partial charge on any atom is 0.215 e. The van der Waals surface area contributed by atoms with Gasteiger partial charge in [0, 0.05) is 19.6 Å². The van der Waals surface area contributed by atoms with Crippen molar-refractivity contribution in [3.05, 3.63) is 35.4 Å². The lowest BCUT2D eigenvalue weighted by atomic mass is 10.1. The summed E-state index contributed by atoms with van der Waals surface area (Å²) in [6.45, 7) is 2.38. The van der Waals surface area contributed by atoms with Crippen LogP contribution in [0, 0.1) is 0 Å². The molecule has 0 aliphatic carbocycles. The van der Waals surface area contributed by atoms with Crippen LogP contribution < -0.4 is 10.5 Å². The van der Waals surface area contributed by atoms with Gasteiger partial charge in [-0.15, -0.1) is 0 Å². The minimum Gasteiger partial charge on any atom is -0.379 e. The van der Waals surface area contributed by atoms with Crippen molar-refractivity contribution in [2.24, 2.45) is 5.73 Å². The highest BCUT2D eigenvalue weighted by atomic mass is 32.2. The third-order valence-corrected chi connectivity index (χ3v) is 4.27. The van der Waals surface area contributed by atoms with E-state index in [2.05, 4.69) is 4.72 Å². The maximum atomic E-state index is 12.0. The molecule has 0 atom stereocenters. The number of sulfonamides is 1. The summed E-state index contributed by atoms with van der Waals surface area (Å²) in [6.07, 6.45) is 0. The molecule has 0 aliphatic heterocycles. The summed E-state index contributed by atoms with van der Waals surface area (Å²) in [5, 5.41) is 0. The second kappa shape index (κ2) is 9.11. The van der Waals surface area contributed by atoms with E-state index >= 15 is 0 Å². The van der Waals surface area contributed by atoms with E-state index in [1.54, 1.807) is 6.07 Å². The van der Waals surface area contributed by atoms with Crippen LogP contribution in [-0.4, -0.2) is 53.7 Å². The largest absolute Gasteiger partial charge is 0.379 e. The number of ether oxygens (including phenoxy) is 1. The number of nitrogens with two attached hydrogens (primary N) is 1. The molecular formula is C14H25N3O3S. The van der Waals surface area contributed by atoms with Gasteiger partial charge in [0.05, 0.1) is 19.0 Å². The van der Waals surface area contributed by atoms with Crippen molar-refractivity contribution in [1.29, 1.82) is 0 Å². The first kappa shape index (κ1) is 18.1. The van der Waals surface area contributed by atoms with Crippen molar-refractivity contribution in [3.63, 3.8) is 0 Å². The third-order valence-electron chi connectivity index (χ3n) is 2.94. The van der Waals surface area contributed by atoms with E-state index in [0.29, 0.717) is 19.8 Å². The summed E-state index contributed by atoms with van der Waals surface area (Å²) >= 11 is 0. The standard InChI is InChI=1S/C14H25N3O3S/c1-17(2)8-10-20-9-7-16-21(18,19)12-14-6-4-3-5-13(14)11-15/h3-6,16H,7-12,15H2,1-2H3. The number of nitrogens with zero attached hydrogens (tertiary/aromatic N) is 1. The number of hydrogen-bond acceptors (Lipinski definition) is 5. The maximum absolute atomic E-state index is 12.0. The fourth-order valence-corrected chi connectivity index (χ4v) is 2.96. The van der Waals surface area contributed by atoms with E-state index in [0.717, 1.165) is 17.7 Å². The van der Waals surface area contributed by atoms with Crippen LogP contribution in [0.25, 0.3) is 0 Å². The van der Waals surface area contributed by atoms with Crippen LogP contribution in [-0.2, 0) is 27.1 Å². The molecule has 0 aromatic heterocycles. The van der Waals surface area contributed by atoms with Crippen LogP contribution in [0.2, 0.25) is 0 Å². The van der Waals surface area contributed by atoms with Crippen LogP contribution in [0.5, 0.6) is 0 Å². The minimum absolute atomic E-state index is 0.0575. The lowest BCUT2D eigenvalue weighted by Crippen LogP contribution is -2.29. The fourth-order valence-electron chi connectivity index (χ4n) is 1.77. The third kappa shape index (κ3) is 7.54. The Morgan fingerprint density at radius 2 is 1.86 bits per heavy atom. The summed E-state index contributed by atoms with van der Waals surface area (Å²) in [4.78, 5) is 2.01. The van der Waals surface area contributed by atoms with Crippen molar-refractivity contribution in [2.45, 2.75) is 12.3 Å². The van der Waals surface area contributed by atoms with Crippen molar-refractivity contribution in [1.82, 2.24) is 9.62 Å². The lowest BCUT2D eigenvalue weighted by molar-refractivity contribution is 0.122. The van der Waals surface area contributed by atoms with Gasteiger partial charge in [-0.2, -0.15) is 0 Å². The Morgan fingerprint density at radius 1 is 1.19 bits per heavy atom. The number of nitrogens with one attached hydrogen (secondary N) is 1. The van der Waals surface area contributed by atoms with Gasteiger partial charge in [0.1, 0.15) is 0 Å². The monoisotopic (exact) mass is 315 g/mol. The van der Waals surface area contributed by atoms with Crippen molar-refractivity contribution in [2.75, 3.05) is 40.4 Å². The predicted molar refractivity (Wildman–Crippen MR) is 84.3 cm³/mol. The number of hydrogen-bond donors (Lipinski definition) is 2. The van der Waals surface area contributed by atoms with Crippen LogP contribution in [0.4, 0.5) is 0 Å². The van der Waals surface area contributed by atoms with E-state index in [9.17, 15) is 8.42 Å². The molecule has 7 heteroatoms. The van der Waals surface area contributed by atoms with Gasteiger partial charge in [-0.25, -0.2) is 13.1 Å². The van der Waals surface area contributed by atoms with Gasteiger partial charge in [0.25, 0.3) is 0 Å². The summed E-state index contributed by atoms with van der Waals surface area (Å²) in [6, 6.07) is 7.29. The molecular weight excluding hydrogens is 290 g/mol. The first-order chi connectivity index (χ1) is 9.94. The highest BCUT2D eigenvalue weighted by Gasteiger charge is 2.13. The van der Waals surface area contributed by atoms with Crippen LogP contribution in [0.1, 0.15) is 11.1 Å². The van der Waals surface area contributed by atoms with Gasteiger partial charge in [0.2, 0.25) is 10.0 Å². The topological polar surface area (TPSA) is 84.7 Å². The zero-order valence-corrected chi connectivity index (χ0v) is 13.5. The second-order valence-corrected chi connectivity index (χ2v) is 6.85. The molecule has 1 rings (SSSR count). The van der Waals surface area contributed by atoms with Gasteiger partial charge in [-0.05, 0) is 25.2 Å². The van der Waals surface area contributed by atoms with Crippen LogP contribution in [0.3, 0.4) is 0 Å². The Labute approximate surface area is 127 Å². The van der Waals surface area contributed by atoms with Gasteiger partial charge in [-0.3, -0.25) is 0 Å². The van der Waals surface area contributed by atoms with Crippen LogP contribution in [0.15, 0.2) is 24.3 Å². The second-order valence-electron chi connectivity index (χ2n) is 5.04. The average Bonchev–Trinajstić information content (AvgIpc) is 2.42. The molecule has 0 amide bonds. The van der Waals surface area contributed by atoms with E-state index in [1.165, 1.54) is 0 Å². The predicted octanol–water partition coefficient (Wildman–Crippen LogP) is 0.143. The quantitative estimate of drug-likeness (QED) is 0.600. The van der Waals surface area contributed by atoms with Crippen molar-refractivity contribution < 1.29 is 13.2 Å². The van der Waals surface area contributed by atoms with E-state index in [-0.39, 0.29) is 12.3 Å². The molecule has 0 saturated carbocycles. The molecule has 0 radical (unpaired) electrons. The van der Waals surface area contributed by atoms with Crippen molar-refractivity contribution >= 4 is 10.0 Å². The van der Waals surface area contributed by atoms with Crippen LogP contribution >= 0.6 is 0 Å². The average molecular weight is 315 g/mol. The Bertz CT molecular complexity index is 518. The molecule has 0 fully saturated rings. The molecule has 0 heterocycles. The van der Waals surface area contributed by atoms with E-state index in [4.69, 9.17) is 10.5 Å². The number of likely N-dealkylation sites (N-methyl/N-ethyl adjacent to an activating group) is 1. The normalized spacial score (nSPS) is 12.0. The summed E-state index contributed by atoms with van der Waals surface area (Å²) < 4.78 is 31.9. The molecule has 3 N–H and O–H groups in total. The fraction of sp³-hybridized carbons (Fsp3) is 0.571. The minimum atomic E-state index is -3.37. The zero-order chi connectivity index (χ0) is 15.7. The Kier molecular flexibility index (Phi) is 7.84. The molecule has 6 nitrogen and oxygen atoms in total. The summed E-state index contributed by atoms with van der Waals surface area (Å²) in [7, 11) is 0.552. The van der Waals surface area contributed by atoms with E-state index in [1.807, 2.05) is 37.2 Å². The van der Waals surface area contributed by atoms with Gasteiger partial charge >= 0.3 is 0 Å². The van der Waals surface area contributed by atoms with Gasteiger partial charge in [-0.1, -0.05) is 24.3 Å². The number of rotatable bonds is 10. The molecule has 0 bridgehead atoms. The first-order valence-corrected chi connectivity index (χ1v) is 8.56. The molecule has 0 aliphatic rings. The summed E-state index contributed by atoms with van der Waals surface area (Å²) in [5.41, 5.74) is 7.20. The molecule has 0 unspecified atom stereocenters. The number of benzene rings is 1. The van der Waals surface area contributed by atoms with Crippen molar-refractivity contribution in [3.8, 4) is 0 Å².